The van der Waals surface area contributed by atoms with E-state index in [1.165, 1.54) is 11.3 Å². The first-order valence-corrected chi connectivity index (χ1v) is 9.96. The highest BCUT2D eigenvalue weighted by molar-refractivity contribution is 7.16. The molecule has 0 radical (unpaired) electrons. The van der Waals surface area contributed by atoms with Crippen molar-refractivity contribution in [2.45, 2.75) is 32.2 Å². The van der Waals surface area contributed by atoms with Gasteiger partial charge in [-0.05, 0) is 56.1 Å². The standard InChI is InChI=1S/C20H21N3O3S/c1-12-9-16(13-5-7-21-8-6-13)26-20(25)17(12)19(24)22-10-14-3-2-4-15-18(14)27-11-23-15/h2-4,9,11,13,21H,5-8,10H2,1H3,(H,22,24). The molecule has 0 aliphatic carbocycles. The van der Waals surface area contributed by atoms with Crippen molar-refractivity contribution in [1.29, 1.82) is 0 Å². The summed E-state index contributed by atoms with van der Waals surface area (Å²) in [5.74, 6) is 0.517. The fraction of sp³-hybridized carbons (Fsp3) is 0.350. The SMILES string of the molecule is Cc1cc(C2CCNCC2)oc(=O)c1C(=O)NCc1cccc2ncsc12. The highest BCUT2D eigenvalue weighted by Crippen LogP contribution is 2.25. The Morgan fingerprint density at radius 3 is 2.96 bits per heavy atom. The molecule has 27 heavy (non-hydrogen) atoms. The van der Waals surface area contributed by atoms with E-state index in [0.717, 1.165) is 41.7 Å². The fourth-order valence-electron chi connectivity index (χ4n) is 3.56. The van der Waals surface area contributed by atoms with E-state index in [-0.39, 0.29) is 11.5 Å². The second-order valence-electron chi connectivity index (χ2n) is 6.82. The summed E-state index contributed by atoms with van der Waals surface area (Å²) in [6.45, 7) is 3.96. The van der Waals surface area contributed by atoms with Gasteiger partial charge in [-0.3, -0.25) is 4.79 Å². The number of carbonyl (C=O) groups is 1. The molecule has 1 amide bonds. The maximum atomic E-state index is 12.6. The number of carbonyl (C=O) groups excluding carboxylic acids is 1. The zero-order valence-corrected chi connectivity index (χ0v) is 15.9. The number of nitrogens with zero attached hydrogens (tertiary/aromatic N) is 1. The summed E-state index contributed by atoms with van der Waals surface area (Å²) in [7, 11) is 0. The van der Waals surface area contributed by atoms with Crippen molar-refractivity contribution < 1.29 is 9.21 Å². The number of rotatable bonds is 4. The molecule has 0 saturated carbocycles. The van der Waals surface area contributed by atoms with E-state index in [2.05, 4.69) is 15.6 Å². The maximum Gasteiger partial charge on any atom is 0.349 e. The number of aryl methyl sites for hydroxylation is 1. The van der Waals surface area contributed by atoms with Crippen LogP contribution in [-0.2, 0) is 6.54 Å². The number of aromatic nitrogens is 1. The Bertz CT molecular complexity index is 1030. The molecule has 0 bridgehead atoms. The zero-order valence-electron chi connectivity index (χ0n) is 15.1. The predicted octanol–water partition coefficient (Wildman–Crippen LogP) is 2.95. The minimum absolute atomic E-state index is 0.0872. The van der Waals surface area contributed by atoms with Crippen molar-refractivity contribution in [3.05, 3.63) is 62.6 Å². The molecule has 7 heteroatoms. The lowest BCUT2D eigenvalue weighted by Gasteiger charge is -2.21. The molecular weight excluding hydrogens is 362 g/mol. The van der Waals surface area contributed by atoms with Crippen LogP contribution in [0.25, 0.3) is 10.2 Å². The molecule has 6 nitrogen and oxygen atoms in total. The molecule has 2 aromatic heterocycles. The molecule has 1 aromatic carbocycles. The van der Waals surface area contributed by atoms with Crippen LogP contribution in [0.1, 0.15) is 46.0 Å². The Kier molecular flexibility index (Phi) is 5.05. The summed E-state index contributed by atoms with van der Waals surface area (Å²) in [6, 6.07) is 7.65. The van der Waals surface area contributed by atoms with Crippen molar-refractivity contribution in [1.82, 2.24) is 15.6 Å². The Balaban J connectivity index is 1.53. The van der Waals surface area contributed by atoms with Crippen molar-refractivity contribution in [2.75, 3.05) is 13.1 Å². The van der Waals surface area contributed by atoms with E-state index in [1.807, 2.05) is 24.3 Å². The summed E-state index contributed by atoms with van der Waals surface area (Å²) in [5.41, 5.74) is 3.87. The van der Waals surface area contributed by atoms with Crippen LogP contribution in [0.5, 0.6) is 0 Å². The van der Waals surface area contributed by atoms with E-state index < -0.39 is 11.5 Å². The molecule has 1 aliphatic rings. The van der Waals surface area contributed by atoms with Gasteiger partial charge in [0.25, 0.3) is 5.91 Å². The van der Waals surface area contributed by atoms with E-state index in [1.54, 1.807) is 12.4 Å². The number of hydrogen-bond donors (Lipinski definition) is 2. The van der Waals surface area contributed by atoms with Gasteiger partial charge < -0.3 is 15.1 Å². The number of thiazole rings is 1. The number of hydrogen-bond acceptors (Lipinski definition) is 6. The van der Waals surface area contributed by atoms with Crippen LogP contribution in [-0.4, -0.2) is 24.0 Å². The summed E-state index contributed by atoms with van der Waals surface area (Å²) in [5, 5.41) is 6.15. The molecule has 1 saturated heterocycles. The molecule has 2 N–H and O–H groups in total. The second-order valence-corrected chi connectivity index (χ2v) is 7.67. The Morgan fingerprint density at radius 1 is 1.37 bits per heavy atom. The molecular formula is C20H21N3O3S. The van der Waals surface area contributed by atoms with Crippen LogP contribution in [0.2, 0.25) is 0 Å². The molecule has 1 fully saturated rings. The van der Waals surface area contributed by atoms with Crippen molar-refractivity contribution >= 4 is 27.5 Å². The predicted molar refractivity (Wildman–Crippen MR) is 105 cm³/mol. The van der Waals surface area contributed by atoms with Gasteiger partial charge >= 0.3 is 5.63 Å². The van der Waals surface area contributed by atoms with Gasteiger partial charge in [-0.1, -0.05) is 12.1 Å². The third-order valence-electron chi connectivity index (χ3n) is 5.01. The molecule has 4 rings (SSSR count). The zero-order chi connectivity index (χ0) is 18.8. The summed E-state index contributed by atoms with van der Waals surface area (Å²) < 4.78 is 6.55. The van der Waals surface area contributed by atoms with Gasteiger partial charge in [0.05, 0.1) is 15.7 Å². The molecule has 0 atom stereocenters. The van der Waals surface area contributed by atoms with Gasteiger partial charge in [-0.2, -0.15) is 0 Å². The third-order valence-corrected chi connectivity index (χ3v) is 5.93. The Morgan fingerprint density at radius 2 is 2.19 bits per heavy atom. The minimum atomic E-state index is -0.558. The third kappa shape index (κ3) is 3.65. The number of amides is 1. The summed E-state index contributed by atoms with van der Waals surface area (Å²) >= 11 is 1.54. The van der Waals surface area contributed by atoms with Crippen molar-refractivity contribution in [2.24, 2.45) is 0 Å². The van der Waals surface area contributed by atoms with Gasteiger partial charge in [-0.15, -0.1) is 11.3 Å². The van der Waals surface area contributed by atoms with Crippen LogP contribution in [0.3, 0.4) is 0 Å². The lowest BCUT2D eigenvalue weighted by atomic mass is 9.94. The highest BCUT2D eigenvalue weighted by Gasteiger charge is 2.22. The Labute approximate surface area is 160 Å². The lowest BCUT2D eigenvalue weighted by molar-refractivity contribution is 0.0945. The summed E-state index contributed by atoms with van der Waals surface area (Å²) in [4.78, 5) is 29.4. The normalized spacial score (nSPS) is 15.1. The van der Waals surface area contributed by atoms with Crippen LogP contribution >= 0.6 is 11.3 Å². The minimum Gasteiger partial charge on any atom is -0.427 e. The van der Waals surface area contributed by atoms with Crippen LogP contribution in [0, 0.1) is 6.92 Å². The number of fused-ring (bicyclic) bond motifs is 1. The molecule has 140 valence electrons. The maximum absolute atomic E-state index is 12.6. The fourth-order valence-corrected chi connectivity index (χ4v) is 4.37. The van der Waals surface area contributed by atoms with Crippen molar-refractivity contribution in [3.8, 4) is 0 Å². The first kappa shape index (κ1) is 17.9. The van der Waals surface area contributed by atoms with Crippen LogP contribution in [0.4, 0.5) is 0 Å². The molecule has 3 heterocycles. The topological polar surface area (TPSA) is 84.2 Å². The van der Waals surface area contributed by atoms with E-state index in [4.69, 9.17) is 4.42 Å². The lowest BCUT2D eigenvalue weighted by Crippen LogP contribution is -2.30. The van der Waals surface area contributed by atoms with Crippen LogP contribution < -0.4 is 16.3 Å². The summed E-state index contributed by atoms with van der Waals surface area (Å²) in [6.07, 6.45) is 1.87. The van der Waals surface area contributed by atoms with Crippen molar-refractivity contribution in [3.63, 3.8) is 0 Å². The molecule has 0 spiro atoms. The second kappa shape index (κ2) is 7.62. The molecule has 1 aliphatic heterocycles. The van der Waals surface area contributed by atoms with E-state index in [0.29, 0.717) is 17.9 Å². The smallest absolute Gasteiger partial charge is 0.349 e. The Hall–Kier alpha value is -2.51. The van der Waals surface area contributed by atoms with Crippen LogP contribution in [0.15, 0.2) is 39.0 Å². The quantitative estimate of drug-likeness (QED) is 0.724. The highest BCUT2D eigenvalue weighted by atomic mass is 32.1. The average molecular weight is 383 g/mol. The first-order chi connectivity index (χ1) is 13.1. The number of nitrogens with one attached hydrogen (secondary N) is 2. The van der Waals surface area contributed by atoms with E-state index in [9.17, 15) is 9.59 Å². The number of piperidine rings is 1. The molecule has 0 unspecified atom stereocenters. The molecule has 3 aromatic rings. The van der Waals surface area contributed by atoms with Gasteiger partial charge in [0.2, 0.25) is 0 Å². The van der Waals surface area contributed by atoms with Gasteiger partial charge in [0, 0.05) is 12.5 Å². The van der Waals surface area contributed by atoms with Gasteiger partial charge in [0.1, 0.15) is 11.3 Å². The van der Waals surface area contributed by atoms with Gasteiger partial charge in [-0.25, -0.2) is 9.78 Å². The monoisotopic (exact) mass is 383 g/mol. The van der Waals surface area contributed by atoms with E-state index >= 15 is 0 Å². The number of benzene rings is 1. The first-order valence-electron chi connectivity index (χ1n) is 9.08. The van der Waals surface area contributed by atoms with Gasteiger partial charge in [0.15, 0.2) is 0 Å². The average Bonchev–Trinajstić information content (AvgIpc) is 3.16. The largest absolute Gasteiger partial charge is 0.427 e.